The number of H-pyrrole nitrogens is 1. The summed E-state index contributed by atoms with van der Waals surface area (Å²) in [6, 6.07) is 7.09. The minimum absolute atomic E-state index is 0.159. The molecule has 5 nitrogen and oxygen atoms in total. The maximum Gasteiger partial charge on any atom is 0.250 e. The third-order valence-corrected chi connectivity index (χ3v) is 4.47. The second-order valence-electron chi connectivity index (χ2n) is 5.96. The van der Waals surface area contributed by atoms with Gasteiger partial charge < -0.3 is 10.3 Å². The molecule has 2 N–H and O–H groups in total. The van der Waals surface area contributed by atoms with Crippen LogP contribution < -0.4 is 10.9 Å². The van der Waals surface area contributed by atoms with Gasteiger partial charge in [0.05, 0.1) is 11.5 Å². The van der Waals surface area contributed by atoms with Gasteiger partial charge in [-0.15, -0.1) is 0 Å². The van der Waals surface area contributed by atoms with Gasteiger partial charge in [-0.3, -0.25) is 9.59 Å². The van der Waals surface area contributed by atoms with Gasteiger partial charge in [-0.05, 0) is 37.5 Å². The van der Waals surface area contributed by atoms with Crippen LogP contribution in [0.15, 0.2) is 41.3 Å². The number of rotatable bonds is 4. The van der Waals surface area contributed by atoms with Crippen LogP contribution in [0.25, 0.3) is 0 Å². The molecule has 0 bridgehead atoms. The van der Waals surface area contributed by atoms with Gasteiger partial charge in [-0.1, -0.05) is 18.6 Å². The van der Waals surface area contributed by atoms with E-state index in [0.717, 1.165) is 6.42 Å². The van der Waals surface area contributed by atoms with Crippen LogP contribution in [-0.4, -0.2) is 15.9 Å². The molecule has 1 saturated carbocycles. The fraction of sp³-hybridized carbons (Fsp3) is 0.353. The van der Waals surface area contributed by atoms with Gasteiger partial charge in [0.25, 0.3) is 5.56 Å². The smallest absolute Gasteiger partial charge is 0.250 e. The number of nitrogens with zero attached hydrogens (tertiary/aromatic N) is 1. The van der Waals surface area contributed by atoms with Gasteiger partial charge >= 0.3 is 0 Å². The predicted octanol–water partition coefficient (Wildman–Crippen LogP) is 2.21. The number of nitrogens with one attached hydrogen (secondary N) is 2. The van der Waals surface area contributed by atoms with E-state index in [2.05, 4.69) is 15.3 Å². The van der Waals surface area contributed by atoms with E-state index in [9.17, 15) is 14.0 Å². The zero-order chi connectivity index (χ0) is 16.4. The second-order valence-corrected chi connectivity index (χ2v) is 5.96. The van der Waals surface area contributed by atoms with Crippen molar-refractivity contribution in [3.8, 4) is 0 Å². The highest BCUT2D eigenvalue weighted by Crippen LogP contribution is 2.44. The van der Waals surface area contributed by atoms with Gasteiger partial charge in [-0.2, -0.15) is 0 Å². The number of aromatic nitrogens is 2. The number of carbonyl (C=O) groups excluding carboxylic acids is 1. The van der Waals surface area contributed by atoms with E-state index in [1.807, 2.05) is 0 Å². The minimum atomic E-state index is -0.689. The lowest BCUT2D eigenvalue weighted by Gasteiger charge is -2.41. The minimum Gasteiger partial charge on any atom is -0.346 e. The first-order valence-electron chi connectivity index (χ1n) is 7.63. The molecule has 2 aromatic rings. The van der Waals surface area contributed by atoms with Crippen molar-refractivity contribution in [2.24, 2.45) is 0 Å². The Balaban J connectivity index is 1.82. The Morgan fingerprint density at radius 3 is 2.78 bits per heavy atom. The van der Waals surface area contributed by atoms with Crippen LogP contribution in [0.4, 0.5) is 4.39 Å². The van der Waals surface area contributed by atoms with E-state index in [1.165, 1.54) is 24.4 Å². The molecule has 23 heavy (non-hydrogen) atoms. The molecule has 1 amide bonds. The molecule has 0 radical (unpaired) electrons. The molecule has 1 aromatic heterocycles. The summed E-state index contributed by atoms with van der Waals surface area (Å²) in [4.78, 5) is 30.8. The Labute approximate surface area is 133 Å². The molecule has 1 heterocycles. The lowest BCUT2D eigenvalue weighted by atomic mass is 9.63. The number of aromatic amines is 1. The van der Waals surface area contributed by atoms with E-state index >= 15 is 0 Å². The van der Waals surface area contributed by atoms with E-state index in [-0.39, 0.29) is 17.3 Å². The van der Waals surface area contributed by atoms with Gasteiger partial charge in [0.15, 0.2) is 0 Å². The Kier molecular flexibility index (Phi) is 3.98. The Hall–Kier alpha value is -2.50. The first-order valence-corrected chi connectivity index (χ1v) is 7.63. The van der Waals surface area contributed by atoms with Crippen LogP contribution in [0.3, 0.4) is 0 Å². The fourth-order valence-corrected chi connectivity index (χ4v) is 2.97. The maximum atomic E-state index is 13.5. The second kappa shape index (κ2) is 5.95. The standard InChI is InChI=1S/C17H18FN3O2/c1-11(15-19-9-6-14(22)21-15)20-16(23)17(7-3-8-17)12-4-2-5-13(18)10-12/h2,4-6,9-11H,3,7-8H2,1H3,(H,20,23)(H,19,21,22). The molecule has 0 saturated heterocycles. The van der Waals surface area contributed by atoms with Crippen molar-refractivity contribution in [2.75, 3.05) is 0 Å². The van der Waals surface area contributed by atoms with Crippen LogP contribution in [0.1, 0.15) is 43.6 Å². The molecule has 0 aliphatic heterocycles. The Morgan fingerprint density at radius 1 is 1.39 bits per heavy atom. The molecule has 6 heteroatoms. The number of halogens is 1. The molecular weight excluding hydrogens is 297 g/mol. The van der Waals surface area contributed by atoms with E-state index in [0.29, 0.717) is 24.2 Å². The average molecular weight is 315 g/mol. The maximum absolute atomic E-state index is 13.5. The van der Waals surface area contributed by atoms with Crippen LogP contribution in [0, 0.1) is 5.82 Å². The molecular formula is C17H18FN3O2. The van der Waals surface area contributed by atoms with E-state index in [1.54, 1.807) is 19.1 Å². The monoisotopic (exact) mass is 315 g/mol. The quantitative estimate of drug-likeness (QED) is 0.908. The summed E-state index contributed by atoms with van der Waals surface area (Å²) < 4.78 is 13.5. The van der Waals surface area contributed by atoms with Crippen LogP contribution in [0.2, 0.25) is 0 Å². The van der Waals surface area contributed by atoms with Crippen molar-refractivity contribution in [2.45, 2.75) is 37.6 Å². The third-order valence-electron chi connectivity index (χ3n) is 4.47. The summed E-state index contributed by atoms with van der Waals surface area (Å²) in [5, 5.41) is 2.89. The molecule has 1 unspecified atom stereocenters. The summed E-state index contributed by atoms with van der Waals surface area (Å²) in [5.41, 5.74) is -0.256. The van der Waals surface area contributed by atoms with Crippen molar-refractivity contribution >= 4 is 5.91 Å². The molecule has 1 atom stereocenters. The van der Waals surface area contributed by atoms with E-state index < -0.39 is 11.5 Å². The normalized spacial score (nSPS) is 17.1. The average Bonchev–Trinajstić information content (AvgIpc) is 2.46. The molecule has 0 spiro atoms. The SMILES string of the molecule is CC(NC(=O)C1(c2cccc(F)c2)CCC1)c1nccc(=O)[nH]1. The van der Waals surface area contributed by atoms with Crippen molar-refractivity contribution in [3.63, 3.8) is 0 Å². The van der Waals surface area contributed by atoms with Gasteiger partial charge in [0, 0.05) is 12.3 Å². The first kappa shape index (κ1) is 15.4. The Morgan fingerprint density at radius 2 is 2.17 bits per heavy atom. The third kappa shape index (κ3) is 2.88. The van der Waals surface area contributed by atoms with Crippen molar-refractivity contribution in [1.29, 1.82) is 0 Å². The van der Waals surface area contributed by atoms with Crippen molar-refractivity contribution < 1.29 is 9.18 Å². The number of hydrogen-bond acceptors (Lipinski definition) is 3. The van der Waals surface area contributed by atoms with Gasteiger partial charge in [-0.25, -0.2) is 9.37 Å². The molecule has 1 aliphatic carbocycles. The summed E-state index contributed by atoms with van der Waals surface area (Å²) in [7, 11) is 0. The predicted molar refractivity (Wildman–Crippen MR) is 83.3 cm³/mol. The molecule has 120 valence electrons. The number of benzene rings is 1. The number of carbonyl (C=O) groups is 1. The molecule has 3 rings (SSSR count). The highest BCUT2D eigenvalue weighted by molar-refractivity contribution is 5.89. The lowest BCUT2D eigenvalue weighted by Crippen LogP contribution is -2.50. The van der Waals surface area contributed by atoms with Gasteiger partial charge in [0.2, 0.25) is 5.91 Å². The summed E-state index contributed by atoms with van der Waals surface area (Å²) in [5.74, 6) is -0.100. The summed E-state index contributed by atoms with van der Waals surface area (Å²) in [6.07, 6.45) is 3.71. The largest absolute Gasteiger partial charge is 0.346 e. The summed E-state index contributed by atoms with van der Waals surface area (Å²) in [6.45, 7) is 1.76. The molecule has 1 fully saturated rings. The van der Waals surface area contributed by atoms with Crippen LogP contribution in [-0.2, 0) is 10.2 Å². The zero-order valence-electron chi connectivity index (χ0n) is 12.8. The van der Waals surface area contributed by atoms with Crippen molar-refractivity contribution in [1.82, 2.24) is 15.3 Å². The van der Waals surface area contributed by atoms with Crippen molar-refractivity contribution in [3.05, 3.63) is 64.1 Å². The highest BCUT2D eigenvalue weighted by atomic mass is 19.1. The summed E-state index contributed by atoms with van der Waals surface area (Å²) >= 11 is 0. The molecule has 1 aliphatic rings. The van der Waals surface area contributed by atoms with Gasteiger partial charge in [0.1, 0.15) is 11.6 Å². The van der Waals surface area contributed by atoms with Crippen LogP contribution >= 0.6 is 0 Å². The van der Waals surface area contributed by atoms with Crippen LogP contribution in [0.5, 0.6) is 0 Å². The first-order chi connectivity index (χ1) is 11.0. The Bertz CT molecular complexity index is 783. The zero-order valence-corrected chi connectivity index (χ0v) is 12.8. The lowest BCUT2D eigenvalue weighted by molar-refractivity contribution is -0.130. The number of amides is 1. The van der Waals surface area contributed by atoms with E-state index in [4.69, 9.17) is 0 Å². The highest BCUT2D eigenvalue weighted by Gasteiger charge is 2.46. The topological polar surface area (TPSA) is 74.8 Å². The fourth-order valence-electron chi connectivity index (χ4n) is 2.97. The number of hydrogen-bond donors (Lipinski definition) is 2. The molecule has 1 aromatic carbocycles.